The van der Waals surface area contributed by atoms with E-state index in [4.69, 9.17) is 9.57 Å². The second-order valence-corrected chi connectivity index (χ2v) is 3.96. The summed E-state index contributed by atoms with van der Waals surface area (Å²) in [6.07, 6.45) is 5.27. The lowest BCUT2D eigenvalue weighted by Gasteiger charge is -2.18. The highest BCUT2D eigenvalue weighted by atomic mass is 16.7. The molecule has 0 atom stereocenters. The summed E-state index contributed by atoms with van der Waals surface area (Å²) in [6.45, 7) is 0. The third-order valence-corrected chi connectivity index (χ3v) is 2.77. The zero-order valence-corrected chi connectivity index (χ0v) is 10.4. The van der Waals surface area contributed by atoms with E-state index >= 15 is 0 Å². The Hall–Kier alpha value is -2.69. The van der Waals surface area contributed by atoms with Crippen LogP contribution in [-0.2, 0) is 4.84 Å². The second-order valence-electron chi connectivity index (χ2n) is 3.96. The van der Waals surface area contributed by atoms with Crippen LogP contribution in [0, 0.1) is 0 Å². The lowest BCUT2D eigenvalue weighted by atomic mass is 10.2. The number of nitrogens with one attached hydrogen (secondary N) is 1. The first-order valence-electron chi connectivity index (χ1n) is 5.86. The SMILES string of the molecule is COc1ccc(N2NC=C(c3ccncc3)O2)cc1. The highest BCUT2D eigenvalue weighted by Gasteiger charge is 2.17. The third kappa shape index (κ3) is 2.30. The molecule has 0 radical (unpaired) electrons. The fourth-order valence-corrected chi connectivity index (χ4v) is 1.77. The maximum atomic E-state index is 5.72. The quantitative estimate of drug-likeness (QED) is 0.912. The maximum absolute atomic E-state index is 5.72. The van der Waals surface area contributed by atoms with E-state index in [1.807, 2.05) is 36.4 Å². The van der Waals surface area contributed by atoms with Crippen molar-refractivity contribution in [3.8, 4) is 5.75 Å². The van der Waals surface area contributed by atoms with Gasteiger partial charge in [0.1, 0.15) is 5.75 Å². The molecule has 1 aliphatic heterocycles. The number of rotatable bonds is 3. The minimum Gasteiger partial charge on any atom is -0.497 e. The number of benzene rings is 1. The molecule has 5 nitrogen and oxygen atoms in total. The van der Waals surface area contributed by atoms with E-state index in [-0.39, 0.29) is 0 Å². The molecule has 0 fully saturated rings. The van der Waals surface area contributed by atoms with Crippen molar-refractivity contribution in [3.63, 3.8) is 0 Å². The smallest absolute Gasteiger partial charge is 0.182 e. The van der Waals surface area contributed by atoms with Crippen LogP contribution >= 0.6 is 0 Å². The van der Waals surface area contributed by atoms with Gasteiger partial charge in [0.15, 0.2) is 5.76 Å². The van der Waals surface area contributed by atoms with Crippen molar-refractivity contribution >= 4 is 11.4 Å². The van der Waals surface area contributed by atoms with Crippen molar-refractivity contribution in [1.29, 1.82) is 0 Å². The van der Waals surface area contributed by atoms with Crippen LogP contribution in [0.4, 0.5) is 5.69 Å². The summed E-state index contributed by atoms with van der Waals surface area (Å²) in [7, 11) is 1.64. The Morgan fingerprint density at radius 2 is 1.84 bits per heavy atom. The van der Waals surface area contributed by atoms with Gasteiger partial charge in [-0.1, -0.05) is 0 Å². The minimum absolute atomic E-state index is 0.748. The average molecular weight is 255 g/mol. The highest BCUT2D eigenvalue weighted by molar-refractivity contribution is 5.63. The number of hydrazine groups is 1. The topological polar surface area (TPSA) is 46.6 Å². The van der Waals surface area contributed by atoms with Gasteiger partial charge in [0.2, 0.25) is 0 Å². The molecular formula is C14H13N3O2. The normalized spacial score (nSPS) is 13.5. The van der Waals surface area contributed by atoms with Gasteiger partial charge < -0.3 is 9.57 Å². The monoisotopic (exact) mass is 255 g/mol. The Labute approximate surface area is 111 Å². The van der Waals surface area contributed by atoms with Crippen LogP contribution in [0.3, 0.4) is 0 Å². The van der Waals surface area contributed by atoms with Gasteiger partial charge in [-0.25, -0.2) is 0 Å². The number of ether oxygens (including phenoxy) is 1. The molecule has 0 aliphatic carbocycles. The molecule has 1 aromatic heterocycles. The van der Waals surface area contributed by atoms with E-state index in [1.54, 1.807) is 30.9 Å². The number of methoxy groups -OCH3 is 1. The largest absolute Gasteiger partial charge is 0.497 e. The second kappa shape index (κ2) is 4.89. The van der Waals surface area contributed by atoms with Gasteiger partial charge in [-0.2, -0.15) is 0 Å². The van der Waals surface area contributed by atoms with Gasteiger partial charge in [-0.15, -0.1) is 5.17 Å². The van der Waals surface area contributed by atoms with Crippen LogP contribution < -0.4 is 15.3 Å². The van der Waals surface area contributed by atoms with Crippen molar-refractivity contribution < 1.29 is 9.57 Å². The van der Waals surface area contributed by atoms with Crippen molar-refractivity contribution in [1.82, 2.24) is 10.4 Å². The summed E-state index contributed by atoms with van der Waals surface area (Å²) in [5.41, 5.74) is 4.91. The summed E-state index contributed by atoms with van der Waals surface area (Å²) >= 11 is 0. The van der Waals surface area contributed by atoms with Crippen LogP contribution in [0.1, 0.15) is 5.56 Å². The first-order chi connectivity index (χ1) is 9.36. The van der Waals surface area contributed by atoms with Gasteiger partial charge in [0.25, 0.3) is 0 Å². The molecule has 0 bridgehead atoms. The molecule has 0 saturated carbocycles. The van der Waals surface area contributed by atoms with Crippen LogP contribution in [0.2, 0.25) is 0 Å². The summed E-state index contributed by atoms with van der Waals surface area (Å²) < 4.78 is 5.12. The summed E-state index contributed by atoms with van der Waals surface area (Å²) in [6, 6.07) is 11.4. The summed E-state index contributed by atoms with van der Waals surface area (Å²) in [5.74, 6) is 1.56. The van der Waals surface area contributed by atoms with Crippen LogP contribution in [-0.4, -0.2) is 12.1 Å². The number of hydrogen-bond donors (Lipinski definition) is 1. The van der Waals surface area contributed by atoms with Crippen LogP contribution in [0.5, 0.6) is 5.75 Å². The first-order valence-corrected chi connectivity index (χ1v) is 5.86. The van der Waals surface area contributed by atoms with E-state index in [2.05, 4.69) is 10.4 Å². The number of aromatic nitrogens is 1. The van der Waals surface area contributed by atoms with Gasteiger partial charge in [-0.3, -0.25) is 10.4 Å². The zero-order chi connectivity index (χ0) is 13.1. The third-order valence-electron chi connectivity index (χ3n) is 2.77. The highest BCUT2D eigenvalue weighted by Crippen LogP contribution is 2.25. The van der Waals surface area contributed by atoms with Crippen molar-refractivity contribution in [2.24, 2.45) is 0 Å². The van der Waals surface area contributed by atoms with E-state index in [0.717, 1.165) is 22.8 Å². The molecule has 0 amide bonds. The molecule has 0 spiro atoms. The van der Waals surface area contributed by atoms with Gasteiger partial charge in [0.05, 0.1) is 19.0 Å². The number of hydrogen-bond acceptors (Lipinski definition) is 5. The Bertz CT molecular complexity index is 581. The maximum Gasteiger partial charge on any atom is 0.182 e. The predicted octanol–water partition coefficient (Wildman–Crippen LogP) is 2.35. The lowest BCUT2D eigenvalue weighted by molar-refractivity contribution is 0.243. The molecule has 1 aromatic carbocycles. The van der Waals surface area contributed by atoms with E-state index < -0.39 is 0 Å². The Morgan fingerprint density at radius 1 is 1.11 bits per heavy atom. The van der Waals surface area contributed by atoms with E-state index in [9.17, 15) is 0 Å². The molecular weight excluding hydrogens is 242 g/mol. The Balaban J connectivity index is 1.73. The van der Waals surface area contributed by atoms with Crippen LogP contribution in [0.25, 0.3) is 5.76 Å². The van der Waals surface area contributed by atoms with Crippen molar-refractivity contribution in [2.45, 2.75) is 0 Å². The molecule has 19 heavy (non-hydrogen) atoms. The molecule has 2 aromatic rings. The molecule has 0 saturated heterocycles. The number of anilines is 1. The Morgan fingerprint density at radius 3 is 2.53 bits per heavy atom. The molecule has 96 valence electrons. The molecule has 5 heteroatoms. The standard InChI is InChI=1S/C14H13N3O2/c1-18-13-4-2-12(3-5-13)17-16-10-14(19-17)11-6-8-15-9-7-11/h2-10,16H,1H3. The van der Waals surface area contributed by atoms with Crippen molar-refractivity contribution in [3.05, 3.63) is 60.6 Å². The Kier molecular flexibility index (Phi) is 2.94. The zero-order valence-electron chi connectivity index (χ0n) is 10.4. The number of nitrogens with zero attached hydrogens (tertiary/aromatic N) is 2. The summed E-state index contributed by atoms with van der Waals surface area (Å²) in [5, 5.41) is 1.59. The van der Waals surface area contributed by atoms with Crippen LogP contribution in [0.15, 0.2) is 55.0 Å². The van der Waals surface area contributed by atoms with E-state index in [1.165, 1.54) is 0 Å². The fraction of sp³-hybridized carbons (Fsp3) is 0.0714. The minimum atomic E-state index is 0.748. The molecule has 1 aliphatic rings. The average Bonchev–Trinajstić information content (AvgIpc) is 2.98. The first kappa shape index (κ1) is 11.4. The van der Waals surface area contributed by atoms with E-state index in [0.29, 0.717) is 0 Å². The van der Waals surface area contributed by atoms with Gasteiger partial charge in [0, 0.05) is 18.0 Å². The summed E-state index contributed by atoms with van der Waals surface area (Å²) in [4.78, 5) is 9.70. The fourth-order valence-electron chi connectivity index (χ4n) is 1.77. The molecule has 3 rings (SSSR count). The molecule has 1 N–H and O–H groups in total. The number of pyridine rings is 1. The van der Waals surface area contributed by atoms with Gasteiger partial charge in [-0.05, 0) is 36.4 Å². The van der Waals surface area contributed by atoms with Gasteiger partial charge >= 0.3 is 0 Å². The lowest BCUT2D eigenvalue weighted by Crippen LogP contribution is -2.27. The van der Waals surface area contributed by atoms with Crippen molar-refractivity contribution in [2.75, 3.05) is 12.3 Å². The predicted molar refractivity (Wildman–Crippen MR) is 71.9 cm³/mol. The molecule has 2 heterocycles. The molecule has 0 unspecified atom stereocenters.